The van der Waals surface area contributed by atoms with Crippen LogP contribution in [0.4, 0.5) is 4.79 Å². The van der Waals surface area contributed by atoms with E-state index in [9.17, 15) is 9.59 Å². The van der Waals surface area contributed by atoms with Crippen LogP contribution in [0.1, 0.15) is 63.4 Å². The molecule has 2 fully saturated rings. The van der Waals surface area contributed by atoms with Crippen LogP contribution in [0.3, 0.4) is 0 Å². The molecule has 0 aliphatic carbocycles. The van der Waals surface area contributed by atoms with Gasteiger partial charge in [0, 0.05) is 24.2 Å². The first-order chi connectivity index (χ1) is 11.3. The van der Waals surface area contributed by atoms with Gasteiger partial charge in [0.2, 0.25) is 0 Å². The van der Waals surface area contributed by atoms with E-state index in [-0.39, 0.29) is 29.9 Å². The first kappa shape index (κ1) is 16.9. The number of hydrogen-bond donors (Lipinski definition) is 0. The van der Waals surface area contributed by atoms with Crippen molar-refractivity contribution in [3.8, 4) is 0 Å². The second-order valence-electron chi connectivity index (χ2n) is 7.87. The summed E-state index contributed by atoms with van der Waals surface area (Å²) in [7, 11) is 0. The summed E-state index contributed by atoms with van der Waals surface area (Å²) in [5.74, 6) is 0.0604. The van der Waals surface area contributed by atoms with E-state index in [0.717, 1.165) is 19.3 Å². The SMILES string of the molecule is CC(C)(C)OC(=O)N1C2CCCC1CC(C(=O)c1ccccn1)C2. The fraction of sp³-hybridized carbons (Fsp3) is 0.632. The molecule has 0 radical (unpaired) electrons. The van der Waals surface area contributed by atoms with Gasteiger partial charge in [0.15, 0.2) is 5.78 Å². The highest BCUT2D eigenvalue weighted by molar-refractivity contribution is 5.96. The number of fused-ring (bicyclic) bond motifs is 2. The zero-order chi connectivity index (χ0) is 17.3. The predicted octanol–water partition coefficient (Wildman–Crippen LogP) is 3.83. The quantitative estimate of drug-likeness (QED) is 0.773. The molecule has 2 aliphatic rings. The molecule has 0 saturated carbocycles. The van der Waals surface area contributed by atoms with Crippen molar-refractivity contribution in [1.82, 2.24) is 9.88 Å². The number of ketones is 1. The van der Waals surface area contributed by atoms with E-state index in [2.05, 4.69) is 4.98 Å². The van der Waals surface area contributed by atoms with Crippen LogP contribution in [-0.4, -0.2) is 39.4 Å². The number of rotatable bonds is 2. The number of pyridine rings is 1. The summed E-state index contributed by atoms with van der Waals surface area (Å²) in [4.78, 5) is 31.4. The molecule has 3 rings (SSSR count). The summed E-state index contributed by atoms with van der Waals surface area (Å²) >= 11 is 0. The summed E-state index contributed by atoms with van der Waals surface area (Å²) in [6, 6.07) is 5.64. The van der Waals surface area contributed by atoms with Crippen molar-refractivity contribution in [2.24, 2.45) is 5.92 Å². The number of nitrogens with zero attached hydrogens (tertiary/aromatic N) is 2. The van der Waals surface area contributed by atoms with E-state index in [1.165, 1.54) is 0 Å². The normalized spacial score (nSPS) is 26.8. The third kappa shape index (κ3) is 3.60. The van der Waals surface area contributed by atoms with Crippen molar-refractivity contribution < 1.29 is 14.3 Å². The minimum atomic E-state index is -0.494. The minimum absolute atomic E-state index is 0.0473. The molecule has 3 heterocycles. The first-order valence-electron chi connectivity index (χ1n) is 8.82. The van der Waals surface area contributed by atoms with Gasteiger partial charge in [0.05, 0.1) is 0 Å². The molecule has 1 aromatic heterocycles. The van der Waals surface area contributed by atoms with E-state index in [1.54, 1.807) is 12.3 Å². The molecule has 0 spiro atoms. The monoisotopic (exact) mass is 330 g/mol. The summed E-state index contributed by atoms with van der Waals surface area (Å²) in [6.07, 6.45) is 5.85. The van der Waals surface area contributed by atoms with Gasteiger partial charge in [-0.1, -0.05) is 6.07 Å². The molecular formula is C19H26N2O3. The van der Waals surface area contributed by atoms with E-state index in [1.807, 2.05) is 37.8 Å². The lowest BCUT2D eigenvalue weighted by atomic mass is 9.76. The second-order valence-corrected chi connectivity index (χ2v) is 7.87. The Bertz CT molecular complexity index is 595. The highest BCUT2D eigenvalue weighted by Crippen LogP contribution is 2.38. The predicted molar refractivity (Wildman–Crippen MR) is 90.8 cm³/mol. The Balaban J connectivity index is 1.74. The molecule has 24 heavy (non-hydrogen) atoms. The van der Waals surface area contributed by atoms with Gasteiger partial charge in [-0.3, -0.25) is 9.78 Å². The van der Waals surface area contributed by atoms with Crippen molar-refractivity contribution in [2.75, 3.05) is 0 Å². The molecule has 2 bridgehead atoms. The smallest absolute Gasteiger partial charge is 0.410 e. The highest BCUT2D eigenvalue weighted by atomic mass is 16.6. The fourth-order valence-electron chi connectivity index (χ4n) is 3.93. The number of amides is 1. The van der Waals surface area contributed by atoms with Gasteiger partial charge in [0.25, 0.3) is 0 Å². The van der Waals surface area contributed by atoms with Gasteiger partial charge in [-0.15, -0.1) is 0 Å². The third-order valence-electron chi connectivity index (χ3n) is 4.87. The Labute approximate surface area is 143 Å². The molecular weight excluding hydrogens is 304 g/mol. The number of Topliss-reactive ketones (excluding diaryl/α,β-unsaturated/α-hetero) is 1. The molecule has 2 saturated heterocycles. The van der Waals surface area contributed by atoms with Crippen molar-refractivity contribution in [3.63, 3.8) is 0 Å². The Hall–Kier alpha value is -1.91. The average Bonchev–Trinajstić information content (AvgIpc) is 2.52. The van der Waals surface area contributed by atoms with Crippen LogP contribution in [0.25, 0.3) is 0 Å². The molecule has 5 heteroatoms. The maximum absolute atomic E-state index is 12.7. The molecule has 2 unspecified atom stereocenters. The Morgan fingerprint density at radius 1 is 1.17 bits per heavy atom. The first-order valence-corrected chi connectivity index (χ1v) is 8.82. The maximum atomic E-state index is 12.7. The maximum Gasteiger partial charge on any atom is 0.410 e. The molecule has 0 N–H and O–H groups in total. The van der Waals surface area contributed by atoms with E-state index in [4.69, 9.17) is 4.74 Å². The molecule has 0 aromatic carbocycles. The number of aromatic nitrogens is 1. The van der Waals surface area contributed by atoms with Crippen LogP contribution in [-0.2, 0) is 4.74 Å². The summed E-state index contributed by atoms with van der Waals surface area (Å²) in [6.45, 7) is 5.66. The number of hydrogen-bond acceptors (Lipinski definition) is 4. The van der Waals surface area contributed by atoms with Crippen molar-refractivity contribution in [1.29, 1.82) is 0 Å². The van der Waals surface area contributed by atoms with Crippen LogP contribution < -0.4 is 0 Å². The van der Waals surface area contributed by atoms with Gasteiger partial charge < -0.3 is 9.64 Å². The topological polar surface area (TPSA) is 59.5 Å². The Morgan fingerprint density at radius 3 is 2.38 bits per heavy atom. The summed E-state index contributed by atoms with van der Waals surface area (Å²) in [5.41, 5.74) is 0.0396. The van der Waals surface area contributed by atoms with Gasteiger partial charge in [-0.25, -0.2) is 4.79 Å². The molecule has 130 valence electrons. The zero-order valence-electron chi connectivity index (χ0n) is 14.7. The lowest BCUT2D eigenvalue weighted by molar-refractivity contribution is -0.0261. The van der Waals surface area contributed by atoms with Gasteiger partial charge in [-0.05, 0) is 65.0 Å². The highest BCUT2D eigenvalue weighted by Gasteiger charge is 2.44. The average molecular weight is 330 g/mol. The summed E-state index contributed by atoms with van der Waals surface area (Å²) < 4.78 is 5.58. The zero-order valence-corrected chi connectivity index (χ0v) is 14.7. The third-order valence-corrected chi connectivity index (χ3v) is 4.87. The van der Waals surface area contributed by atoms with Crippen molar-refractivity contribution in [3.05, 3.63) is 30.1 Å². The largest absolute Gasteiger partial charge is 0.444 e. The van der Waals surface area contributed by atoms with E-state index >= 15 is 0 Å². The molecule has 1 aromatic rings. The second kappa shape index (κ2) is 6.54. The molecule has 5 nitrogen and oxygen atoms in total. The van der Waals surface area contributed by atoms with E-state index < -0.39 is 5.60 Å². The van der Waals surface area contributed by atoms with Gasteiger partial charge in [-0.2, -0.15) is 0 Å². The molecule has 1 amide bonds. The lowest BCUT2D eigenvalue weighted by Gasteiger charge is -2.48. The fourth-order valence-corrected chi connectivity index (χ4v) is 3.93. The minimum Gasteiger partial charge on any atom is -0.444 e. The van der Waals surface area contributed by atoms with Crippen molar-refractivity contribution in [2.45, 2.75) is 70.6 Å². The van der Waals surface area contributed by atoms with Crippen molar-refractivity contribution >= 4 is 11.9 Å². The van der Waals surface area contributed by atoms with Crippen LogP contribution in [0.15, 0.2) is 24.4 Å². The van der Waals surface area contributed by atoms with Gasteiger partial charge in [0.1, 0.15) is 11.3 Å². The Morgan fingerprint density at radius 2 is 1.83 bits per heavy atom. The van der Waals surface area contributed by atoms with Gasteiger partial charge >= 0.3 is 6.09 Å². The van der Waals surface area contributed by atoms with Crippen LogP contribution >= 0.6 is 0 Å². The summed E-state index contributed by atoms with van der Waals surface area (Å²) in [5, 5.41) is 0. The van der Waals surface area contributed by atoms with Crippen LogP contribution in [0, 0.1) is 5.92 Å². The Kier molecular flexibility index (Phi) is 4.61. The number of ether oxygens (including phenoxy) is 1. The van der Waals surface area contributed by atoms with Crippen LogP contribution in [0.2, 0.25) is 0 Å². The lowest BCUT2D eigenvalue weighted by Crippen LogP contribution is -2.56. The van der Waals surface area contributed by atoms with Crippen LogP contribution in [0.5, 0.6) is 0 Å². The molecule has 2 atom stereocenters. The number of piperidine rings is 2. The number of carbonyl (C=O) groups excluding carboxylic acids is 2. The number of carbonyl (C=O) groups is 2. The standard InChI is InChI=1S/C19H26N2O3/c1-19(2,3)24-18(23)21-14-7-6-8-15(21)12-13(11-14)17(22)16-9-4-5-10-20-16/h4-5,9-10,13-15H,6-8,11-12H2,1-3H3. The molecule has 2 aliphatic heterocycles. The van der Waals surface area contributed by atoms with E-state index in [0.29, 0.717) is 18.5 Å².